The second-order valence-electron chi connectivity index (χ2n) is 4.95. The number of halogens is 1. The third-order valence-electron chi connectivity index (χ3n) is 3.76. The third kappa shape index (κ3) is 4.39. The van der Waals surface area contributed by atoms with E-state index < -0.39 is 0 Å². The van der Waals surface area contributed by atoms with Crippen LogP contribution in [0.2, 0.25) is 0 Å². The summed E-state index contributed by atoms with van der Waals surface area (Å²) in [5.74, 6) is 0.907. The molecule has 0 radical (unpaired) electrons. The molecule has 0 bridgehead atoms. The molecule has 0 atom stereocenters. The molecule has 0 unspecified atom stereocenters. The Morgan fingerprint density at radius 1 is 1.17 bits per heavy atom. The van der Waals surface area contributed by atoms with Gasteiger partial charge in [0, 0.05) is 13.1 Å². The number of hydrogen-bond acceptors (Lipinski definition) is 4. The molecule has 0 spiro atoms. The summed E-state index contributed by atoms with van der Waals surface area (Å²) in [5, 5.41) is 0. The summed E-state index contributed by atoms with van der Waals surface area (Å²) in [7, 11) is 0. The van der Waals surface area contributed by atoms with Crippen LogP contribution in [0.3, 0.4) is 0 Å². The molecular weight excluding hydrogens is 254 g/mol. The second kappa shape index (κ2) is 7.94. The lowest BCUT2D eigenvalue weighted by Crippen LogP contribution is -2.47. The number of likely N-dealkylation sites (tertiary alicyclic amines) is 1. The monoisotopic (exact) mass is 277 g/mol. The van der Waals surface area contributed by atoms with Crippen LogP contribution in [0.25, 0.3) is 0 Å². The summed E-state index contributed by atoms with van der Waals surface area (Å²) < 4.78 is 5.25. The molecule has 106 valence electrons. The van der Waals surface area contributed by atoms with Crippen molar-refractivity contribution in [2.45, 2.75) is 12.8 Å². The lowest BCUT2D eigenvalue weighted by atomic mass is 9.97. The first-order valence-corrected chi connectivity index (χ1v) is 6.57. The van der Waals surface area contributed by atoms with Crippen LogP contribution in [0.1, 0.15) is 12.8 Å². The molecule has 0 aromatic heterocycles. The van der Waals surface area contributed by atoms with E-state index in [9.17, 15) is 4.79 Å². The molecule has 0 aromatic carbocycles. The standard InChI is InChI=1S/C12H23N3O2.ClH/c13-9-11-1-3-14(4-2-11)10-12(16)15-5-7-17-8-6-15;/h11H,1-10,13H2;1H. The van der Waals surface area contributed by atoms with Crippen LogP contribution >= 0.6 is 12.4 Å². The first kappa shape index (κ1) is 15.7. The molecule has 6 heteroatoms. The van der Waals surface area contributed by atoms with Crippen molar-refractivity contribution in [3.63, 3.8) is 0 Å². The highest BCUT2D eigenvalue weighted by atomic mass is 35.5. The van der Waals surface area contributed by atoms with Gasteiger partial charge in [-0.2, -0.15) is 0 Å². The van der Waals surface area contributed by atoms with Crippen molar-refractivity contribution in [1.29, 1.82) is 0 Å². The van der Waals surface area contributed by atoms with Gasteiger partial charge in [0.05, 0.1) is 19.8 Å². The summed E-state index contributed by atoms with van der Waals surface area (Å²) in [4.78, 5) is 16.2. The van der Waals surface area contributed by atoms with Crippen molar-refractivity contribution < 1.29 is 9.53 Å². The van der Waals surface area contributed by atoms with Crippen LogP contribution in [0.15, 0.2) is 0 Å². The quantitative estimate of drug-likeness (QED) is 0.785. The minimum Gasteiger partial charge on any atom is -0.378 e. The average Bonchev–Trinajstić information content (AvgIpc) is 2.40. The third-order valence-corrected chi connectivity index (χ3v) is 3.76. The number of nitrogens with two attached hydrogens (primary N) is 1. The zero-order valence-corrected chi connectivity index (χ0v) is 11.7. The molecule has 1 amide bonds. The predicted octanol–water partition coefficient (Wildman–Crippen LogP) is -0.0623. The van der Waals surface area contributed by atoms with Gasteiger partial charge >= 0.3 is 0 Å². The number of carbonyl (C=O) groups excluding carboxylic acids is 1. The molecule has 2 aliphatic heterocycles. The van der Waals surface area contributed by atoms with Gasteiger partial charge in [-0.3, -0.25) is 9.69 Å². The van der Waals surface area contributed by atoms with E-state index in [1.54, 1.807) is 0 Å². The molecule has 0 aliphatic carbocycles. The molecule has 2 saturated heterocycles. The van der Waals surface area contributed by atoms with Crippen LogP contribution in [0, 0.1) is 5.92 Å². The number of ether oxygens (including phenoxy) is 1. The summed E-state index contributed by atoms with van der Waals surface area (Å²) in [6.45, 7) is 6.23. The maximum absolute atomic E-state index is 12.0. The summed E-state index contributed by atoms with van der Waals surface area (Å²) in [6.07, 6.45) is 2.26. The van der Waals surface area contributed by atoms with Gasteiger partial charge in [0.1, 0.15) is 0 Å². The molecule has 0 aromatic rings. The summed E-state index contributed by atoms with van der Waals surface area (Å²) in [5.41, 5.74) is 5.66. The number of carbonyl (C=O) groups is 1. The van der Waals surface area contributed by atoms with E-state index in [4.69, 9.17) is 10.5 Å². The van der Waals surface area contributed by atoms with Crippen molar-refractivity contribution in [3.8, 4) is 0 Å². The molecule has 2 aliphatic rings. The number of piperidine rings is 1. The highest BCUT2D eigenvalue weighted by molar-refractivity contribution is 5.85. The summed E-state index contributed by atoms with van der Waals surface area (Å²) in [6, 6.07) is 0. The topological polar surface area (TPSA) is 58.8 Å². The highest BCUT2D eigenvalue weighted by Crippen LogP contribution is 2.15. The Morgan fingerprint density at radius 2 is 1.78 bits per heavy atom. The van der Waals surface area contributed by atoms with Crippen molar-refractivity contribution >= 4 is 18.3 Å². The van der Waals surface area contributed by atoms with Gasteiger partial charge in [0.2, 0.25) is 5.91 Å². The van der Waals surface area contributed by atoms with Gasteiger partial charge in [-0.05, 0) is 38.4 Å². The maximum Gasteiger partial charge on any atom is 0.236 e. The van der Waals surface area contributed by atoms with Crippen LogP contribution in [-0.2, 0) is 9.53 Å². The SMILES string of the molecule is Cl.NCC1CCN(CC(=O)N2CCOCC2)CC1. The van der Waals surface area contributed by atoms with E-state index in [-0.39, 0.29) is 18.3 Å². The Labute approximate surface area is 115 Å². The van der Waals surface area contributed by atoms with Crippen LogP contribution in [-0.4, -0.2) is 68.2 Å². The number of morpholine rings is 1. The largest absolute Gasteiger partial charge is 0.378 e. The lowest BCUT2D eigenvalue weighted by molar-refractivity contribution is -0.136. The first-order chi connectivity index (χ1) is 8.29. The smallest absolute Gasteiger partial charge is 0.236 e. The Kier molecular flexibility index (Phi) is 6.92. The zero-order valence-electron chi connectivity index (χ0n) is 10.8. The fraction of sp³-hybridized carbons (Fsp3) is 0.917. The van der Waals surface area contributed by atoms with E-state index in [0.717, 1.165) is 45.6 Å². The van der Waals surface area contributed by atoms with E-state index >= 15 is 0 Å². The van der Waals surface area contributed by atoms with E-state index in [1.807, 2.05) is 4.90 Å². The number of hydrogen-bond donors (Lipinski definition) is 1. The Morgan fingerprint density at radius 3 is 2.33 bits per heavy atom. The molecule has 5 nitrogen and oxygen atoms in total. The molecule has 2 fully saturated rings. The van der Waals surface area contributed by atoms with Gasteiger partial charge in [-0.15, -0.1) is 12.4 Å². The minimum absolute atomic E-state index is 0. The Hall–Kier alpha value is -0.360. The Bertz CT molecular complexity index is 252. The Balaban J connectivity index is 0.00000162. The molecule has 2 N–H and O–H groups in total. The second-order valence-corrected chi connectivity index (χ2v) is 4.95. The number of amides is 1. The molecule has 2 heterocycles. The van der Waals surface area contributed by atoms with Gasteiger partial charge < -0.3 is 15.4 Å². The van der Waals surface area contributed by atoms with Crippen molar-refractivity contribution in [2.75, 3.05) is 52.5 Å². The van der Waals surface area contributed by atoms with Gasteiger partial charge in [-0.1, -0.05) is 0 Å². The minimum atomic E-state index is 0. The van der Waals surface area contributed by atoms with E-state index in [1.165, 1.54) is 0 Å². The van der Waals surface area contributed by atoms with Crippen LogP contribution in [0.4, 0.5) is 0 Å². The van der Waals surface area contributed by atoms with Gasteiger partial charge in [-0.25, -0.2) is 0 Å². The molecule has 18 heavy (non-hydrogen) atoms. The fourth-order valence-electron chi connectivity index (χ4n) is 2.48. The highest BCUT2D eigenvalue weighted by Gasteiger charge is 2.23. The van der Waals surface area contributed by atoms with Crippen molar-refractivity contribution in [3.05, 3.63) is 0 Å². The van der Waals surface area contributed by atoms with E-state index in [2.05, 4.69) is 4.90 Å². The van der Waals surface area contributed by atoms with Crippen molar-refractivity contribution in [1.82, 2.24) is 9.80 Å². The lowest BCUT2D eigenvalue weighted by Gasteiger charge is -2.33. The zero-order chi connectivity index (χ0) is 12.1. The summed E-state index contributed by atoms with van der Waals surface area (Å²) >= 11 is 0. The van der Waals surface area contributed by atoms with Crippen molar-refractivity contribution in [2.24, 2.45) is 11.7 Å². The van der Waals surface area contributed by atoms with E-state index in [0.29, 0.717) is 25.7 Å². The fourth-order valence-corrected chi connectivity index (χ4v) is 2.48. The van der Waals surface area contributed by atoms with Crippen LogP contribution < -0.4 is 5.73 Å². The molecular formula is C12H24ClN3O2. The van der Waals surface area contributed by atoms with Crippen LogP contribution in [0.5, 0.6) is 0 Å². The first-order valence-electron chi connectivity index (χ1n) is 6.57. The van der Waals surface area contributed by atoms with Gasteiger partial charge in [0.25, 0.3) is 0 Å². The maximum atomic E-state index is 12.0. The molecule has 2 rings (SSSR count). The average molecular weight is 278 g/mol. The van der Waals surface area contributed by atoms with Gasteiger partial charge in [0.15, 0.2) is 0 Å². The predicted molar refractivity (Wildman–Crippen MR) is 72.9 cm³/mol. The molecule has 0 saturated carbocycles. The number of nitrogens with zero attached hydrogens (tertiary/aromatic N) is 2. The normalized spacial score (nSPS) is 22.6. The number of rotatable bonds is 3.